The highest BCUT2D eigenvalue weighted by atomic mass is 127. The Morgan fingerprint density at radius 3 is 2.07 bits per heavy atom. The zero-order valence-electron chi connectivity index (χ0n) is 17.0. The molecule has 0 aromatic carbocycles. The summed E-state index contributed by atoms with van der Waals surface area (Å²) >= 11 is 2.08. The van der Waals surface area contributed by atoms with Crippen molar-refractivity contribution in [3.63, 3.8) is 0 Å². The second-order valence-corrected chi connectivity index (χ2v) is 8.79. The molecule has 0 spiro atoms. The Morgan fingerprint density at radius 2 is 1.50 bits per heavy atom. The van der Waals surface area contributed by atoms with Crippen LogP contribution in [0.4, 0.5) is 0 Å². The first-order valence-corrected chi connectivity index (χ1v) is 12.7. The van der Waals surface area contributed by atoms with Gasteiger partial charge in [-0.15, -0.1) is 0 Å². The molecule has 1 aromatic rings. The summed E-state index contributed by atoms with van der Waals surface area (Å²) in [6.45, 7) is 12.8. The van der Waals surface area contributed by atoms with E-state index in [2.05, 4.69) is 26.3 Å². The van der Waals surface area contributed by atoms with Gasteiger partial charge >= 0.3 is 7.12 Å². The largest absolute Gasteiger partial charge is 0.498 e. The van der Waals surface area contributed by atoms with E-state index in [1.54, 1.807) is 6.20 Å². The van der Waals surface area contributed by atoms with E-state index in [1.807, 2.05) is 38.6 Å². The first-order valence-electron chi connectivity index (χ1n) is 9.37. The third-order valence-electron chi connectivity index (χ3n) is 4.74. The number of aromatic nitrogens is 2. The highest BCUT2D eigenvalue weighted by molar-refractivity contribution is 14.2. The lowest BCUT2D eigenvalue weighted by Crippen LogP contribution is -2.41. The van der Waals surface area contributed by atoms with Crippen molar-refractivity contribution in [2.24, 2.45) is 0 Å². The summed E-state index contributed by atoms with van der Waals surface area (Å²) in [5.41, 5.74) is 0.218. The molecular weight excluding hydrogens is 498 g/mol. The zero-order valence-corrected chi connectivity index (χ0v) is 20.0. The minimum atomic E-state index is -0.387. The molecule has 0 aliphatic carbocycles. The first-order chi connectivity index (χ1) is 13.4. The average Bonchev–Trinajstić information content (AvgIpc) is 3.18. The summed E-state index contributed by atoms with van der Waals surface area (Å²) in [6, 6.07) is 0. The summed E-state index contributed by atoms with van der Waals surface area (Å²) in [5, 5.41) is 4.36. The molecule has 1 aromatic heterocycles. The molecule has 1 aliphatic rings. The molecule has 0 atom stereocenters. The van der Waals surface area contributed by atoms with Gasteiger partial charge in [0.25, 0.3) is 0 Å². The number of hydrogen-bond donors (Lipinski definition) is 0. The topological polar surface area (TPSA) is 73.2 Å². The lowest BCUT2D eigenvalue weighted by Gasteiger charge is -2.32. The molecule has 28 heavy (non-hydrogen) atoms. The van der Waals surface area contributed by atoms with Gasteiger partial charge in [0.2, 0.25) is 0 Å². The average molecular weight is 528 g/mol. The molecule has 0 unspecified atom stereocenters. The van der Waals surface area contributed by atoms with E-state index in [1.165, 1.54) is 9.21 Å². The van der Waals surface area contributed by atoms with Crippen molar-refractivity contribution >= 4 is 43.0 Å². The molecule has 0 N–H and O–H groups in total. The van der Waals surface area contributed by atoms with E-state index in [-0.39, 0.29) is 18.3 Å². The van der Waals surface area contributed by atoms with E-state index < -0.39 is 0 Å². The maximum absolute atomic E-state index is 6.04. The molecule has 0 radical (unpaired) electrons. The summed E-state index contributed by atoms with van der Waals surface area (Å²) < 4.78 is 35.4. The highest BCUT2D eigenvalue weighted by Gasteiger charge is 2.52. The van der Waals surface area contributed by atoms with Crippen LogP contribution < -0.4 is 5.46 Å². The van der Waals surface area contributed by atoms with E-state index >= 15 is 0 Å². The fourth-order valence-corrected chi connectivity index (χ4v) is 3.10. The lowest BCUT2D eigenvalue weighted by molar-refractivity contribution is 0.00578. The predicted molar refractivity (Wildman–Crippen MR) is 118 cm³/mol. The molecule has 8 nitrogen and oxygen atoms in total. The third kappa shape index (κ3) is 7.75. The number of hydrogen-bond acceptors (Lipinski definition) is 8. The summed E-state index contributed by atoms with van der Waals surface area (Å²) in [5.74, 6) is 0. The predicted octanol–water partition coefficient (Wildman–Crippen LogP) is 2.25. The number of nitrogens with zero attached hydrogens (tertiary/aromatic N) is 2. The van der Waals surface area contributed by atoms with Gasteiger partial charge in [-0.1, -0.05) is 0 Å². The Morgan fingerprint density at radius 1 is 0.964 bits per heavy atom. The second-order valence-electron chi connectivity index (χ2n) is 7.35. The summed E-state index contributed by atoms with van der Waals surface area (Å²) in [4.78, 5) is 0. The van der Waals surface area contributed by atoms with Crippen LogP contribution in [0.2, 0.25) is 0 Å². The fourth-order valence-electron chi connectivity index (χ4n) is 2.43. The molecule has 1 aliphatic heterocycles. The van der Waals surface area contributed by atoms with Crippen molar-refractivity contribution in [2.75, 3.05) is 46.2 Å². The van der Waals surface area contributed by atoms with Gasteiger partial charge in [0.05, 0.1) is 73.2 Å². The second kappa shape index (κ2) is 12.1. The normalized spacial score (nSPS) is 18.1. The van der Waals surface area contributed by atoms with Gasteiger partial charge in [0.1, 0.15) is 0 Å². The van der Waals surface area contributed by atoms with Gasteiger partial charge < -0.3 is 27.7 Å². The minimum Gasteiger partial charge on any atom is -0.399 e. The van der Waals surface area contributed by atoms with Crippen molar-refractivity contribution in [3.8, 4) is 0 Å². The van der Waals surface area contributed by atoms with Crippen molar-refractivity contribution < 1.29 is 27.7 Å². The van der Waals surface area contributed by atoms with Crippen LogP contribution in [0.15, 0.2) is 12.4 Å². The smallest absolute Gasteiger partial charge is 0.399 e. The van der Waals surface area contributed by atoms with Crippen LogP contribution in [0.5, 0.6) is 0 Å². The highest BCUT2D eigenvalue weighted by Crippen LogP contribution is 2.36. The fraction of sp³-hybridized carbons (Fsp3) is 0.824. The van der Waals surface area contributed by atoms with E-state index in [4.69, 9.17) is 27.7 Å². The van der Waals surface area contributed by atoms with E-state index in [9.17, 15) is 0 Å². The van der Waals surface area contributed by atoms with E-state index in [0.717, 1.165) is 5.46 Å². The lowest BCUT2D eigenvalue weighted by atomic mass is 9.82. The maximum atomic E-state index is 6.04. The van der Waals surface area contributed by atoms with Crippen LogP contribution >= 0.6 is 30.4 Å². The van der Waals surface area contributed by atoms with Crippen LogP contribution in [0, 0.1) is 0 Å². The molecule has 1 saturated heterocycles. The van der Waals surface area contributed by atoms with Gasteiger partial charge in [-0.3, -0.25) is 4.68 Å². The molecule has 0 bridgehead atoms. The van der Waals surface area contributed by atoms with Crippen LogP contribution in [0.25, 0.3) is 0 Å². The molecule has 11 heteroatoms. The molecule has 1 fully saturated rings. The Bertz CT molecular complexity index is 562. The quantitative estimate of drug-likeness (QED) is 0.158. The van der Waals surface area contributed by atoms with Crippen LogP contribution in [0.3, 0.4) is 0 Å². The third-order valence-corrected chi connectivity index (χ3v) is 5.76. The molecule has 0 amide bonds. The first kappa shape index (κ1) is 24.4. The molecule has 0 saturated carbocycles. The van der Waals surface area contributed by atoms with Crippen LogP contribution in [0.1, 0.15) is 27.7 Å². The molecule has 160 valence electrons. The van der Waals surface area contributed by atoms with Gasteiger partial charge in [0, 0.05) is 39.1 Å². The van der Waals surface area contributed by atoms with E-state index in [0.29, 0.717) is 52.8 Å². The summed E-state index contributed by atoms with van der Waals surface area (Å²) in [7, 11) is 0.924. The maximum Gasteiger partial charge on any atom is 0.498 e. The standard InChI is InChI=1S/C17H30BIN2O6S/c1-16(2)17(3,4)27-18(26-16)15-13-20-21(14-15)5-6-22-7-8-23-9-10-24-11-12-25-28-19/h13-14H,5-12H2,1-4H3. The molecule has 2 heterocycles. The Balaban J connectivity index is 1.52. The van der Waals surface area contributed by atoms with Gasteiger partial charge in [0.15, 0.2) is 0 Å². The van der Waals surface area contributed by atoms with Gasteiger partial charge in [-0.25, -0.2) is 0 Å². The van der Waals surface area contributed by atoms with Gasteiger partial charge in [-0.05, 0) is 27.7 Å². The Kier molecular flexibility index (Phi) is 10.5. The monoisotopic (exact) mass is 528 g/mol. The SMILES string of the molecule is CC1(C)OB(c2cnn(CCOCCOCCOCCOSI)c2)OC1(C)C. The Labute approximate surface area is 184 Å². The van der Waals surface area contributed by atoms with Crippen molar-refractivity contribution in [1.82, 2.24) is 9.78 Å². The molecule has 2 rings (SSSR count). The minimum absolute atomic E-state index is 0.351. The van der Waals surface area contributed by atoms with Crippen molar-refractivity contribution in [2.45, 2.75) is 45.4 Å². The Hall–Kier alpha value is 0.115. The zero-order chi connectivity index (χ0) is 20.5. The van der Waals surface area contributed by atoms with Gasteiger partial charge in [-0.2, -0.15) is 5.10 Å². The number of halogens is 1. The van der Waals surface area contributed by atoms with Crippen LogP contribution in [-0.4, -0.2) is 74.3 Å². The number of ether oxygens (including phenoxy) is 3. The van der Waals surface area contributed by atoms with Crippen molar-refractivity contribution in [3.05, 3.63) is 12.4 Å². The number of rotatable bonds is 14. The molecular formula is C17H30BIN2O6S. The summed E-state index contributed by atoms with van der Waals surface area (Å²) in [6.07, 6.45) is 3.73. The van der Waals surface area contributed by atoms with Crippen molar-refractivity contribution in [1.29, 1.82) is 0 Å². The van der Waals surface area contributed by atoms with Crippen LogP contribution in [-0.2, 0) is 34.2 Å².